The number of aliphatic hydroxyl groups is 1. The second-order valence-electron chi connectivity index (χ2n) is 5.95. The quantitative estimate of drug-likeness (QED) is 0.785. The number of fused-ring (bicyclic) bond motifs is 1. The number of amides is 1. The van der Waals surface area contributed by atoms with Crippen LogP contribution in [0.5, 0.6) is 0 Å². The number of rotatable bonds is 5. The molecule has 0 bridgehead atoms. The van der Waals surface area contributed by atoms with Crippen LogP contribution in [0, 0.1) is 0 Å². The van der Waals surface area contributed by atoms with Gasteiger partial charge in [-0.25, -0.2) is 4.98 Å². The van der Waals surface area contributed by atoms with Crippen LogP contribution in [0.1, 0.15) is 19.7 Å². The van der Waals surface area contributed by atoms with Crippen molar-refractivity contribution in [2.45, 2.75) is 33.0 Å². The van der Waals surface area contributed by atoms with Crippen LogP contribution in [-0.4, -0.2) is 26.6 Å². The number of nitrogens with zero attached hydrogens (tertiary/aromatic N) is 3. The summed E-state index contributed by atoms with van der Waals surface area (Å²) >= 11 is 0. The van der Waals surface area contributed by atoms with Gasteiger partial charge in [0.1, 0.15) is 19.0 Å². The molecule has 0 saturated carbocycles. The van der Waals surface area contributed by atoms with Crippen molar-refractivity contribution in [3.63, 3.8) is 0 Å². The van der Waals surface area contributed by atoms with Gasteiger partial charge in [0.25, 0.3) is 0 Å². The Labute approximate surface area is 141 Å². The average Bonchev–Trinajstić information content (AvgIpc) is 2.93. The Morgan fingerprint density at radius 1 is 1.12 bits per heavy atom. The predicted molar refractivity (Wildman–Crippen MR) is 94.7 cm³/mol. The first-order valence-corrected chi connectivity index (χ1v) is 8.04. The number of carbonyl (C=O) groups excluding carboxylic acids is 1. The van der Waals surface area contributed by atoms with Gasteiger partial charge in [-0.3, -0.25) is 4.79 Å². The SMILES string of the molecule is CC(C)N(C(=O)Cn1c(CO)nc2ccccc21)c1ccccc1. The predicted octanol–water partition coefficient (Wildman–Crippen LogP) is 2.97. The van der Waals surface area contributed by atoms with E-state index in [2.05, 4.69) is 4.98 Å². The molecule has 3 rings (SSSR count). The number of aliphatic hydroxyl groups excluding tert-OH is 1. The van der Waals surface area contributed by atoms with E-state index in [4.69, 9.17) is 0 Å². The molecule has 0 saturated heterocycles. The summed E-state index contributed by atoms with van der Waals surface area (Å²) < 4.78 is 1.79. The standard InChI is InChI=1S/C19H21N3O2/c1-14(2)22(15-8-4-3-5-9-15)19(24)12-21-17-11-7-6-10-16(17)20-18(21)13-23/h3-11,14,23H,12-13H2,1-2H3. The highest BCUT2D eigenvalue weighted by Crippen LogP contribution is 2.20. The molecule has 0 atom stereocenters. The summed E-state index contributed by atoms with van der Waals surface area (Å²) in [4.78, 5) is 19.1. The third kappa shape index (κ3) is 3.03. The van der Waals surface area contributed by atoms with Crippen LogP contribution in [0.3, 0.4) is 0 Å². The minimum Gasteiger partial charge on any atom is -0.388 e. The summed E-state index contributed by atoms with van der Waals surface area (Å²) in [5.41, 5.74) is 2.50. The Kier molecular flexibility index (Phi) is 4.62. The molecule has 124 valence electrons. The Hall–Kier alpha value is -2.66. The van der Waals surface area contributed by atoms with Crippen molar-refractivity contribution in [3.8, 4) is 0 Å². The Morgan fingerprint density at radius 3 is 2.46 bits per heavy atom. The number of benzene rings is 2. The molecular weight excluding hydrogens is 302 g/mol. The fraction of sp³-hybridized carbons (Fsp3) is 0.263. The van der Waals surface area contributed by atoms with Crippen LogP contribution < -0.4 is 4.90 Å². The van der Waals surface area contributed by atoms with E-state index in [0.717, 1.165) is 16.7 Å². The number of para-hydroxylation sites is 3. The molecule has 0 spiro atoms. The van der Waals surface area contributed by atoms with E-state index in [-0.39, 0.29) is 25.1 Å². The number of imidazole rings is 1. The van der Waals surface area contributed by atoms with Crippen LogP contribution in [0.2, 0.25) is 0 Å². The number of hydrogen-bond donors (Lipinski definition) is 1. The monoisotopic (exact) mass is 323 g/mol. The molecule has 0 aliphatic carbocycles. The molecule has 1 heterocycles. The Bertz CT molecular complexity index is 840. The molecule has 2 aromatic carbocycles. The second-order valence-corrected chi connectivity index (χ2v) is 5.95. The second kappa shape index (κ2) is 6.84. The molecule has 0 unspecified atom stereocenters. The summed E-state index contributed by atoms with van der Waals surface area (Å²) in [6.07, 6.45) is 0. The highest BCUT2D eigenvalue weighted by molar-refractivity contribution is 5.94. The summed E-state index contributed by atoms with van der Waals surface area (Å²) in [5.74, 6) is 0.468. The zero-order chi connectivity index (χ0) is 17.1. The van der Waals surface area contributed by atoms with Crippen LogP contribution in [-0.2, 0) is 17.9 Å². The van der Waals surface area contributed by atoms with Crippen LogP contribution in [0.15, 0.2) is 54.6 Å². The molecule has 5 heteroatoms. The highest BCUT2D eigenvalue weighted by Gasteiger charge is 2.21. The maximum Gasteiger partial charge on any atom is 0.247 e. The first-order valence-electron chi connectivity index (χ1n) is 8.04. The van der Waals surface area contributed by atoms with Gasteiger partial charge in [0, 0.05) is 11.7 Å². The molecular formula is C19H21N3O2. The molecule has 1 amide bonds. The first-order chi connectivity index (χ1) is 11.6. The van der Waals surface area contributed by atoms with Gasteiger partial charge in [-0.1, -0.05) is 30.3 Å². The van der Waals surface area contributed by atoms with E-state index in [1.165, 1.54) is 0 Å². The lowest BCUT2D eigenvalue weighted by atomic mass is 10.2. The summed E-state index contributed by atoms with van der Waals surface area (Å²) in [7, 11) is 0. The number of anilines is 1. The molecule has 1 N–H and O–H groups in total. The van der Waals surface area contributed by atoms with E-state index in [0.29, 0.717) is 5.82 Å². The van der Waals surface area contributed by atoms with Crippen molar-refractivity contribution >= 4 is 22.6 Å². The molecule has 0 aliphatic heterocycles. The molecule has 0 aliphatic rings. The van der Waals surface area contributed by atoms with Crippen LogP contribution in [0.4, 0.5) is 5.69 Å². The maximum absolute atomic E-state index is 13.0. The highest BCUT2D eigenvalue weighted by atomic mass is 16.3. The van der Waals surface area contributed by atoms with Crippen molar-refractivity contribution in [2.75, 3.05) is 4.90 Å². The molecule has 1 aromatic heterocycles. The van der Waals surface area contributed by atoms with E-state index in [9.17, 15) is 9.90 Å². The van der Waals surface area contributed by atoms with Gasteiger partial charge < -0.3 is 14.6 Å². The van der Waals surface area contributed by atoms with Crippen molar-refractivity contribution in [1.82, 2.24) is 9.55 Å². The third-order valence-electron chi connectivity index (χ3n) is 3.99. The third-order valence-corrected chi connectivity index (χ3v) is 3.99. The van der Waals surface area contributed by atoms with Gasteiger partial charge in [0.2, 0.25) is 5.91 Å². The topological polar surface area (TPSA) is 58.4 Å². The molecule has 5 nitrogen and oxygen atoms in total. The molecule has 24 heavy (non-hydrogen) atoms. The van der Waals surface area contributed by atoms with Gasteiger partial charge in [-0.15, -0.1) is 0 Å². The van der Waals surface area contributed by atoms with Gasteiger partial charge in [-0.05, 0) is 38.1 Å². The van der Waals surface area contributed by atoms with Gasteiger partial charge >= 0.3 is 0 Å². The number of carbonyl (C=O) groups is 1. The number of aromatic nitrogens is 2. The Morgan fingerprint density at radius 2 is 1.79 bits per heavy atom. The normalized spacial score (nSPS) is 11.2. The van der Waals surface area contributed by atoms with Crippen LogP contribution >= 0.6 is 0 Å². The van der Waals surface area contributed by atoms with E-state index in [1.807, 2.05) is 68.4 Å². The largest absolute Gasteiger partial charge is 0.388 e. The minimum absolute atomic E-state index is 0.0333. The molecule has 0 radical (unpaired) electrons. The smallest absolute Gasteiger partial charge is 0.247 e. The van der Waals surface area contributed by atoms with Crippen molar-refractivity contribution in [3.05, 3.63) is 60.4 Å². The van der Waals surface area contributed by atoms with Gasteiger partial charge in [0.15, 0.2) is 0 Å². The van der Waals surface area contributed by atoms with Gasteiger partial charge in [0.05, 0.1) is 11.0 Å². The van der Waals surface area contributed by atoms with Crippen molar-refractivity contribution < 1.29 is 9.90 Å². The fourth-order valence-corrected chi connectivity index (χ4v) is 2.95. The lowest BCUT2D eigenvalue weighted by molar-refractivity contribution is -0.119. The van der Waals surface area contributed by atoms with Crippen molar-refractivity contribution in [2.24, 2.45) is 0 Å². The zero-order valence-corrected chi connectivity index (χ0v) is 13.9. The summed E-state index contributed by atoms with van der Waals surface area (Å²) in [5, 5.41) is 9.59. The van der Waals surface area contributed by atoms with E-state index in [1.54, 1.807) is 9.47 Å². The first kappa shape index (κ1) is 16.2. The summed E-state index contributed by atoms with van der Waals surface area (Å²) in [6, 6.07) is 17.3. The Balaban J connectivity index is 1.96. The molecule has 3 aromatic rings. The van der Waals surface area contributed by atoms with Crippen molar-refractivity contribution in [1.29, 1.82) is 0 Å². The minimum atomic E-state index is -0.199. The fourth-order valence-electron chi connectivity index (χ4n) is 2.95. The van der Waals surface area contributed by atoms with E-state index >= 15 is 0 Å². The maximum atomic E-state index is 13.0. The van der Waals surface area contributed by atoms with E-state index < -0.39 is 0 Å². The molecule has 0 fully saturated rings. The lowest BCUT2D eigenvalue weighted by Crippen LogP contribution is -2.39. The summed E-state index contributed by atoms with van der Waals surface area (Å²) in [6.45, 7) is 3.92. The lowest BCUT2D eigenvalue weighted by Gasteiger charge is -2.27. The zero-order valence-electron chi connectivity index (χ0n) is 13.9. The number of hydrogen-bond acceptors (Lipinski definition) is 3. The average molecular weight is 323 g/mol. The van der Waals surface area contributed by atoms with Crippen LogP contribution in [0.25, 0.3) is 11.0 Å². The van der Waals surface area contributed by atoms with Gasteiger partial charge in [-0.2, -0.15) is 0 Å².